The van der Waals surface area contributed by atoms with Crippen LogP contribution in [0.5, 0.6) is 0 Å². The molecule has 10 heteroatoms. The number of rotatable bonds is 8. The van der Waals surface area contributed by atoms with E-state index in [0.29, 0.717) is 49.4 Å². The fraction of sp³-hybridized carbons (Fsp3) is 0.577. The van der Waals surface area contributed by atoms with E-state index in [1.54, 1.807) is 0 Å². The number of carbonyl (C=O) groups is 2. The summed E-state index contributed by atoms with van der Waals surface area (Å²) in [5, 5.41) is 14.4. The van der Waals surface area contributed by atoms with Crippen molar-refractivity contribution in [1.29, 1.82) is 0 Å². The predicted octanol–water partition coefficient (Wildman–Crippen LogP) is 9.64. The molecule has 0 aromatic heterocycles. The van der Waals surface area contributed by atoms with Gasteiger partial charge in [0.25, 0.3) is 0 Å². The van der Waals surface area contributed by atoms with Crippen molar-refractivity contribution in [1.82, 2.24) is 20.4 Å². The molecule has 2 atom stereocenters. The van der Waals surface area contributed by atoms with Gasteiger partial charge in [0.2, 0.25) is 11.8 Å². The van der Waals surface area contributed by atoms with E-state index in [0.717, 1.165) is 63.3 Å². The number of anilines is 2. The first-order chi connectivity index (χ1) is 30.5. The van der Waals surface area contributed by atoms with Crippen LogP contribution in [-0.2, 0) is 35.5 Å². The van der Waals surface area contributed by atoms with Crippen LogP contribution in [-0.4, -0.2) is 69.8 Å². The molecule has 2 amide bonds. The predicted molar refractivity (Wildman–Crippen MR) is 251 cm³/mol. The highest BCUT2D eigenvalue weighted by Gasteiger charge is 2.37. The molecule has 2 unspecified atom stereocenters. The van der Waals surface area contributed by atoms with E-state index in [-0.39, 0.29) is 23.9 Å². The van der Waals surface area contributed by atoms with Gasteiger partial charge in [0.05, 0.1) is 12.1 Å². The van der Waals surface area contributed by atoms with Gasteiger partial charge in [0, 0.05) is 49.4 Å². The minimum Gasteiger partial charge on any atom is -0.353 e. The third kappa shape index (κ3) is 10.7. The van der Waals surface area contributed by atoms with Gasteiger partial charge in [-0.3, -0.25) is 9.59 Å². The number of nitrogens with zero attached hydrogens (tertiary/aromatic N) is 4. The van der Waals surface area contributed by atoms with Gasteiger partial charge in [0.15, 0.2) is 11.9 Å². The number of hydrogen-bond acceptors (Lipinski definition) is 4. The first-order valence-corrected chi connectivity index (χ1v) is 24.6. The standard InChI is InChI=1S/C52H70N8O2/c61-49(47-32-37-18-13-15-20-39(37)35-59(47)51(55-41-22-5-1-6-23-41)56-42-24-7-2-8-25-42)53-45-30-17-31-46(34-45)54-50(62)48-33-38-19-14-16-21-40(38)36-60(48)52(57-43-26-9-3-10-27-43)58-44-28-11-4-12-29-44/h13-21,30-31,34,41-44,47-48H,1-12,22-29,32-33,35-36H2,(H,53,61)(H,54,62)(H,55,56)(H,57,58). The summed E-state index contributed by atoms with van der Waals surface area (Å²) in [5.41, 5.74) is 6.26. The maximum absolute atomic E-state index is 14.7. The summed E-state index contributed by atoms with van der Waals surface area (Å²) >= 11 is 0. The molecule has 3 aromatic carbocycles. The van der Waals surface area contributed by atoms with Crippen molar-refractivity contribution in [2.75, 3.05) is 10.6 Å². The first-order valence-electron chi connectivity index (χ1n) is 24.6. The smallest absolute Gasteiger partial charge is 0.247 e. The SMILES string of the molecule is O=C(Nc1cccc(NC(=O)C2Cc3ccccc3CN2C(=NC2CCCCC2)NC2CCCCC2)c1)C1Cc2ccccc2CN1C(=NC1CCCCC1)NC1CCCCC1. The van der Waals surface area contributed by atoms with Crippen molar-refractivity contribution < 1.29 is 9.59 Å². The molecule has 4 fully saturated rings. The molecule has 3 aromatic rings. The largest absolute Gasteiger partial charge is 0.353 e. The number of benzene rings is 3. The normalized spacial score (nSPS) is 23.5. The van der Waals surface area contributed by atoms with E-state index >= 15 is 0 Å². The van der Waals surface area contributed by atoms with Crippen LogP contribution in [0.1, 0.15) is 151 Å². The van der Waals surface area contributed by atoms with Crippen molar-refractivity contribution in [3.05, 3.63) is 95.1 Å². The third-order valence-corrected chi connectivity index (χ3v) is 14.7. The van der Waals surface area contributed by atoms with Gasteiger partial charge in [-0.25, -0.2) is 9.98 Å². The Morgan fingerprint density at radius 1 is 0.452 bits per heavy atom. The summed E-state index contributed by atoms with van der Waals surface area (Å²) < 4.78 is 0. The number of amides is 2. The number of carbonyl (C=O) groups excluding carboxylic acids is 2. The zero-order valence-corrected chi connectivity index (χ0v) is 37.0. The molecule has 62 heavy (non-hydrogen) atoms. The van der Waals surface area contributed by atoms with Crippen LogP contribution in [0.25, 0.3) is 0 Å². The number of fused-ring (bicyclic) bond motifs is 2. The van der Waals surface area contributed by atoms with E-state index in [4.69, 9.17) is 9.98 Å². The molecule has 4 N–H and O–H groups in total. The Hall–Kier alpha value is -4.86. The Balaban J connectivity index is 0.952. The fourth-order valence-electron chi connectivity index (χ4n) is 11.1. The van der Waals surface area contributed by atoms with Crippen LogP contribution in [0.4, 0.5) is 11.4 Å². The fourth-order valence-corrected chi connectivity index (χ4v) is 11.1. The van der Waals surface area contributed by atoms with Gasteiger partial charge in [-0.1, -0.05) is 132 Å². The number of nitrogens with one attached hydrogen (secondary N) is 4. The van der Waals surface area contributed by atoms with Gasteiger partial charge >= 0.3 is 0 Å². The molecular weight excluding hydrogens is 769 g/mol. The average molecular weight is 839 g/mol. The lowest BCUT2D eigenvalue weighted by Crippen LogP contribution is -2.56. The van der Waals surface area contributed by atoms with Gasteiger partial charge in [-0.05, 0) is 91.8 Å². The topological polar surface area (TPSA) is 113 Å². The molecule has 6 aliphatic rings. The van der Waals surface area contributed by atoms with Crippen molar-refractivity contribution in [3.63, 3.8) is 0 Å². The van der Waals surface area contributed by atoms with Gasteiger partial charge in [-0.15, -0.1) is 0 Å². The Kier molecular flexibility index (Phi) is 14.1. The molecule has 2 heterocycles. The number of aliphatic imine (C=N–C) groups is 2. The average Bonchev–Trinajstić information content (AvgIpc) is 3.31. The summed E-state index contributed by atoms with van der Waals surface area (Å²) in [6.45, 7) is 1.27. The highest BCUT2D eigenvalue weighted by molar-refractivity contribution is 6.01. The van der Waals surface area contributed by atoms with Crippen LogP contribution in [0, 0.1) is 0 Å². The zero-order valence-electron chi connectivity index (χ0n) is 37.0. The second kappa shape index (κ2) is 20.5. The third-order valence-electron chi connectivity index (χ3n) is 14.7. The van der Waals surface area contributed by atoms with Crippen LogP contribution in [0.3, 0.4) is 0 Å². The van der Waals surface area contributed by atoms with E-state index in [1.165, 1.54) is 99.3 Å². The lowest BCUT2D eigenvalue weighted by molar-refractivity contribution is -0.121. The van der Waals surface area contributed by atoms with Gasteiger partial charge in [0.1, 0.15) is 12.1 Å². The summed E-state index contributed by atoms with van der Waals surface area (Å²) in [4.78, 5) is 44.7. The minimum atomic E-state index is -0.434. The number of guanidine groups is 2. The molecule has 10 nitrogen and oxygen atoms in total. The molecule has 0 spiro atoms. The van der Waals surface area contributed by atoms with Crippen LogP contribution < -0.4 is 21.3 Å². The highest BCUT2D eigenvalue weighted by Crippen LogP contribution is 2.31. The Labute approximate surface area is 370 Å². The van der Waals surface area contributed by atoms with Crippen molar-refractivity contribution in [3.8, 4) is 0 Å². The minimum absolute atomic E-state index is 0.0582. The zero-order chi connectivity index (χ0) is 42.1. The molecule has 4 saturated carbocycles. The Morgan fingerprint density at radius 3 is 1.23 bits per heavy atom. The Bertz CT molecular complexity index is 1900. The van der Waals surface area contributed by atoms with Crippen LogP contribution >= 0.6 is 0 Å². The lowest BCUT2D eigenvalue weighted by atomic mass is 9.92. The maximum atomic E-state index is 14.7. The summed E-state index contributed by atoms with van der Waals surface area (Å²) in [5.74, 6) is 1.67. The highest BCUT2D eigenvalue weighted by atomic mass is 16.2. The molecule has 0 radical (unpaired) electrons. The maximum Gasteiger partial charge on any atom is 0.247 e. The number of hydrogen-bond donors (Lipinski definition) is 4. The van der Waals surface area contributed by atoms with Crippen LogP contribution in [0.2, 0.25) is 0 Å². The van der Waals surface area contributed by atoms with E-state index in [9.17, 15) is 9.59 Å². The first kappa shape index (κ1) is 42.4. The summed E-state index contributed by atoms with van der Waals surface area (Å²) in [7, 11) is 0. The lowest BCUT2D eigenvalue weighted by Gasteiger charge is -2.40. The van der Waals surface area contributed by atoms with Gasteiger partial charge in [-0.2, -0.15) is 0 Å². The van der Waals surface area contributed by atoms with Crippen LogP contribution in [0.15, 0.2) is 82.8 Å². The Morgan fingerprint density at radius 2 is 0.823 bits per heavy atom. The summed E-state index contributed by atoms with van der Waals surface area (Å²) in [6, 6.07) is 25.2. The quantitative estimate of drug-likeness (QED) is 0.133. The second-order valence-electron chi connectivity index (χ2n) is 19.2. The molecule has 9 rings (SSSR count). The van der Waals surface area contributed by atoms with Crippen molar-refractivity contribution in [2.24, 2.45) is 9.98 Å². The molecular formula is C52H70N8O2. The van der Waals surface area contributed by atoms with E-state index in [1.807, 2.05) is 24.3 Å². The molecule has 2 aliphatic heterocycles. The van der Waals surface area contributed by atoms with Crippen molar-refractivity contribution >= 4 is 35.1 Å². The molecule has 330 valence electrons. The van der Waals surface area contributed by atoms with E-state index < -0.39 is 12.1 Å². The molecule has 0 saturated heterocycles. The summed E-state index contributed by atoms with van der Waals surface area (Å²) in [6.07, 6.45) is 25.1. The van der Waals surface area contributed by atoms with Crippen molar-refractivity contribution in [2.45, 2.75) is 191 Å². The van der Waals surface area contributed by atoms with E-state index in [2.05, 4.69) is 79.6 Å². The second-order valence-corrected chi connectivity index (χ2v) is 19.2. The monoisotopic (exact) mass is 839 g/mol. The molecule has 0 bridgehead atoms. The van der Waals surface area contributed by atoms with Gasteiger partial charge < -0.3 is 31.1 Å². The molecule has 4 aliphatic carbocycles.